The second kappa shape index (κ2) is 5.22. The Morgan fingerprint density at radius 1 is 1.55 bits per heavy atom. The summed E-state index contributed by atoms with van der Waals surface area (Å²) in [6.45, 7) is 0. The van der Waals surface area contributed by atoms with E-state index in [4.69, 9.17) is 15.2 Å². The maximum Gasteiger partial charge on any atom is 0.310 e. The van der Waals surface area contributed by atoms with E-state index in [2.05, 4.69) is 8.44 Å². The van der Waals surface area contributed by atoms with Gasteiger partial charge < -0.3 is 15.2 Å². The van der Waals surface area contributed by atoms with Crippen molar-refractivity contribution in [3.8, 4) is 0 Å². The first kappa shape index (κ1) is 11.5. The Balaban J connectivity index is 4.32. The molecule has 1 amide bonds. The van der Waals surface area contributed by atoms with E-state index in [1.165, 1.54) is 24.6 Å². The van der Waals surface area contributed by atoms with Crippen LogP contribution in [-0.4, -0.2) is 25.2 Å². The van der Waals surface area contributed by atoms with Crippen molar-refractivity contribution in [3.05, 3.63) is 0 Å². The first-order valence-electron chi connectivity index (χ1n) is 2.57. The number of methoxy groups -OCH3 is 2. The Bertz CT molecular complexity index is 141. The molecule has 2 N–H and O–H groups in total. The van der Waals surface area contributed by atoms with Gasteiger partial charge in [0.25, 0.3) is 5.91 Å². The van der Waals surface area contributed by atoms with Crippen LogP contribution in [0.3, 0.4) is 0 Å². The Labute approximate surface area is 75.3 Å². The highest BCUT2D eigenvalue weighted by Crippen LogP contribution is 2.40. The molecule has 7 heteroatoms. The molecular weight excluding hydrogens is 205 g/mol. The van der Waals surface area contributed by atoms with E-state index in [9.17, 15) is 4.79 Å². The van der Waals surface area contributed by atoms with Gasteiger partial charge in [-0.15, -0.1) is 0 Å². The molecule has 1 atom stereocenters. The summed E-state index contributed by atoms with van der Waals surface area (Å²) < 4.78 is 9.64. The Morgan fingerprint density at radius 2 is 2.00 bits per heavy atom. The zero-order valence-electron chi connectivity index (χ0n) is 6.20. The van der Waals surface area contributed by atoms with Crippen LogP contribution in [0.4, 0.5) is 0 Å². The summed E-state index contributed by atoms with van der Waals surface area (Å²) in [5.41, 5.74) is 5.05. The molecule has 0 aromatic heterocycles. The molecule has 0 spiro atoms. The molecule has 0 aliphatic rings. The third-order valence-corrected chi connectivity index (χ3v) is 3.66. The van der Waals surface area contributed by atoms with Gasteiger partial charge in [-0.1, -0.05) is 18.9 Å². The van der Waals surface area contributed by atoms with Crippen LogP contribution in [0.2, 0.25) is 0 Å². The van der Waals surface area contributed by atoms with Crippen molar-refractivity contribution in [2.45, 2.75) is 5.12 Å². The number of ether oxygens (including phenoxy) is 2. The van der Waals surface area contributed by atoms with Gasteiger partial charge in [0.2, 0.25) is 0 Å². The van der Waals surface area contributed by atoms with Crippen molar-refractivity contribution in [2.24, 2.45) is 5.73 Å². The molecule has 0 aliphatic heterocycles. The SMILES string of the molecule is COC(OC)(SSP)C(N)=O. The fourth-order valence-corrected chi connectivity index (χ4v) is 2.98. The quantitative estimate of drug-likeness (QED) is 0.413. The van der Waals surface area contributed by atoms with Crippen LogP contribution in [0.15, 0.2) is 0 Å². The fourth-order valence-electron chi connectivity index (χ4n) is 0.457. The number of rotatable bonds is 5. The van der Waals surface area contributed by atoms with Gasteiger partial charge in [0.15, 0.2) is 0 Å². The number of carbonyl (C=O) groups is 1. The molecule has 66 valence electrons. The van der Waals surface area contributed by atoms with Crippen LogP contribution < -0.4 is 5.73 Å². The first-order valence-corrected chi connectivity index (χ1v) is 6.20. The first-order chi connectivity index (χ1) is 5.13. The van der Waals surface area contributed by atoms with Gasteiger partial charge in [-0.3, -0.25) is 4.79 Å². The molecule has 0 aromatic rings. The van der Waals surface area contributed by atoms with Gasteiger partial charge >= 0.3 is 5.12 Å². The summed E-state index contributed by atoms with van der Waals surface area (Å²) in [5.74, 6) is -0.651. The van der Waals surface area contributed by atoms with Crippen molar-refractivity contribution >= 4 is 35.6 Å². The maximum absolute atomic E-state index is 10.8. The molecule has 11 heavy (non-hydrogen) atoms. The van der Waals surface area contributed by atoms with Gasteiger partial charge in [0.05, 0.1) is 0 Å². The van der Waals surface area contributed by atoms with E-state index in [0.29, 0.717) is 0 Å². The van der Waals surface area contributed by atoms with Crippen LogP contribution in [0.25, 0.3) is 0 Å². The minimum absolute atomic E-state index is 0.651. The van der Waals surface area contributed by atoms with Crippen molar-refractivity contribution in [3.63, 3.8) is 0 Å². The predicted octanol–water partition coefficient (Wildman–Crippen LogP) is 0.590. The number of carbonyl (C=O) groups excluding carboxylic acids is 1. The van der Waals surface area contributed by atoms with Crippen molar-refractivity contribution < 1.29 is 14.3 Å². The second-order valence-corrected chi connectivity index (χ2v) is 5.21. The largest absolute Gasteiger partial charge is 0.364 e. The van der Waals surface area contributed by atoms with Gasteiger partial charge in [-0.05, 0) is 10.8 Å². The zero-order valence-corrected chi connectivity index (χ0v) is 8.98. The lowest BCUT2D eigenvalue weighted by Gasteiger charge is -2.24. The molecule has 0 saturated heterocycles. The number of nitrogens with two attached hydrogens (primary N) is 1. The van der Waals surface area contributed by atoms with E-state index in [-0.39, 0.29) is 0 Å². The Morgan fingerprint density at radius 3 is 2.09 bits per heavy atom. The number of hydrogen-bond acceptors (Lipinski definition) is 5. The summed E-state index contributed by atoms with van der Waals surface area (Å²) >= 11 is 0. The summed E-state index contributed by atoms with van der Waals surface area (Å²) in [5, 5.41) is -1.37. The van der Waals surface area contributed by atoms with Gasteiger partial charge in [0, 0.05) is 14.2 Å². The highest BCUT2D eigenvalue weighted by atomic mass is 33.3. The van der Waals surface area contributed by atoms with Crippen LogP contribution in [0.1, 0.15) is 0 Å². The molecule has 0 saturated carbocycles. The van der Waals surface area contributed by atoms with Crippen LogP contribution in [0.5, 0.6) is 0 Å². The molecule has 0 radical (unpaired) electrons. The Hall–Kier alpha value is 0.520. The zero-order chi connectivity index (χ0) is 8.91. The molecular formula is C4H10NO3PS2. The third kappa shape index (κ3) is 2.80. The highest BCUT2D eigenvalue weighted by Gasteiger charge is 2.38. The van der Waals surface area contributed by atoms with E-state index in [0.717, 1.165) is 10.8 Å². The normalized spacial score (nSPS) is 11.5. The maximum atomic E-state index is 10.8. The summed E-state index contributed by atoms with van der Waals surface area (Å²) in [4.78, 5) is 10.8. The van der Waals surface area contributed by atoms with Crippen LogP contribution >= 0.6 is 29.6 Å². The molecule has 4 nitrogen and oxygen atoms in total. The van der Waals surface area contributed by atoms with E-state index < -0.39 is 11.0 Å². The fraction of sp³-hybridized carbons (Fsp3) is 0.750. The van der Waals surface area contributed by atoms with E-state index in [1.54, 1.807) is 0 Å². The van der Waals surface area contributed by atoms with Crippen molar-refractivity contribution in [1.82, 2.24) is 0 Å². The van der Waals surface area contributed by atoms with E-state index in [1.807, 2.05) is 0 Å². The summed E-state index contributed by atoms with van der Waals surface area (Å²) in [6.07, 6.45) is 0. The topological polar surface area (TPSA) is 61.6 Å². The monoisotopic (exact) mass is 215 g/mol. The third-order valence-electron chi connectivity index (χ3n) is 0.997. The molecule has 1 unspecified atom stereocenters. The van der Waals surface area contributed by atoms with Crippen LogP contribution in [-0.2, 0) is 14.3 Å². The Kier molecular flexibility index (Phi) is 5.46. The number of amides is 1. The summed E-state index contributed by atoms with van der Waals surface area (Å²) in [6, 6.07) is 0. The minimum atomic E-state index is -1.37. The predicted molar refractivity (Wildman–Crippen MR) is 50.8 cm³/mol. The minimum Gasteiger partial charge on any atom is -0.364 e. The lowest BCUT2D eigenvalue weighted by Crippen LogP contribution is -2.43. The number of primary amides is 1. The molecule has 0 rings (SSSR count). The lowest BCUT2D eigenvalue weighted by molar-refractivity contribution is -0.166. The van der Waals surface area contributed by atoms with E-state index >= 15 is 0 Å². The van der Waals surface area contributed by atoms with Gasteiger partial charge in [-0.2, -0.15) is 0 Å². The molecule has 0 aromatic carbocycles. The van der Waals surface area contributed by atoms with Gasteiger partial charge in [-0.25, -0.2) is 0 Å². The standard InChI is InChI=1S/C4H10NO3PS2/c1-7-4(8-2,3(5)6)10-11-9/h9H2,1-2H3,(H2,5,6). The average molecular weight is 215 g/mol. The average Bonchev–Trinajstić information content (AvgIpc) is 2.00. The highest BCUT2D eigenvalue weighted by molar-refractivity contribution is 8.94. The molecule has 0 fully saturated rings. The van der Waals surface area contributed by atoms with Crippen molar-refractivity contribution in [2.75, 3.05) is 14.2 Å². The molecule has 0 aliphatic carbocycles. The summed E-state index contributed by atoms with van der Waals surface area (Å²) in [7, 11) is 7.45. The number of hydrogen-bond donors (Lipinski definition) is 1. The smallest absolute Gasteiger partial charge is 0.310 e. The second-order valence-electron chi connectivity index (χ2n) is 1.51. The molecule has 0 bridgehead atoms. The molecule has 0 heterocycles. The van der Waals surface area contributed by atoms with Crippen molar-refractivity contribution in [1.29, 1.82) is 0 Å². The lowest BCUT2D eigenvalue weighted by atomic mass is 10.6. The van der Waals surface area contributed by atoms with Gasteiger partial charge in [0.1, 0.15) is 0 Å². The van der Waals surface area contributed by atoms with Crippen LogP contribution in [0, 0.1) is 0 Å².